The van der Waals surface area contributed by atoms with Crippen molar-refractivity contribution >= 4 is 0 Å². The minimum atomic E-state index is -0.477. The number of nitrogens with zero attached hydrogens (tertiary/aromatic N) is 2. The molecule has 0 bridgehead atoms. The molecule has 1 unspecified atom stereocenters. The van der Waals surface area contributed by atoms with Crippen LogP contribution in [0.4, 0.5) is 0 Å². The lowest BCUT2D eigenvalue weighted by Crippen LogP contribution is -2.30. The van der Waals surface area contributed by atoms with Gasteiger partial charge in [0.05, 0.1) is 11.7 Å². The topological polar surface area (TPSA) is 47.3 Å². The van der Waals surface area contributed by atoms with Crippen LogP contribution in [0.1, 0.15) is 32.6 Å². The summed E-state index contributed by atoms with van der Waals surface area (Å²) in [6.45, 7) is 4.71. The third kappa shape index (κ3) is 3.75. The molecule has 1 N–H and O–H groups in total. The van der Waals surface area contributed by atoms with E-state index in [0.29, 0.717) is 6.42 Å². The van der Waals surface area contributed by atoms with Gasteiger partial charge >= 0.3 is 0 Å². The summed E-state index contributed by atoms with van der Waals surface area (Å²) < 4.78 is 0. The first-order valence-corrected chi connectivity index (χ1v) is 4.96. The molecule has 0 aromatic carbocycles. The predicted molar refractivity (Wildman–Crippen MR) is 51.1 cm³/mol. The van der Waals surface area contributed by atoms with E-state index in [4.69, 9.17) is 5.26 Å². The summed E-state index contributed by atoms with van der Waals surface area (Å²) >= 11 is 0. The summed E-state index contributed by atoms with van der Waals surface area (Å²) in [4.78, 5) is 2.28. The van der Waals surface area contributed by atoms with Crippen LogP contribution in [0.2, 0.25) is 0 Å². The summed E-state index contributed by atoms with van der Waals surface area (Å²) in [6, 6.07) is 2.14. The van der Waals surface area contributed by atoms with Gasteiger partial charge in [-0.3, -0.25) is 0 Å². The lowest BCUT2D eigenvalue weighted by Gasteiger charge is -2.18. The third-order valence-corrected chi connectivity index (χ3v) is 2.54. The molecule has 0 aliphatic carbocycles. The van der Waals surface area contributed by atoms with Crippen molar-refractivity contribution in [1.82, 2.24) is 4.90 Å². The molecule has 0 saturated carbocycles. The van der Waals surface area contributed by atoms with Gasteiger partial charge in [-0.05, 0) is 32.7 Å². The smallest absolute Gasteiger partial charge is 0.0758 e. The fourth-order valence-corrected chi connectivity index (χ4v) is 1.77. The summed E-state index contributed by atoms with van der Waals surface area (Å²) in [5.41, 5.74) is -0.477. The maximum absolute atomic E-state index is 9.67. The Labute approximate surface area is 80.0 Å². The number of unbranched alkanes of at least 4 members (excludes halogenated alkanes) is 2. The average Bonchev–Trinajstić information content (AvgIpc) is 2.40. The number of hydrogen-bond donors (Lipinski definition) is 1. The van der Waals surface area contributed by atoms with Crippen LogP contribution in [0.3, 0.4) is 0 Å². The van der Waals surface area contributed by atoms with E-state index in [1.165, 1.54) is 0 Å². The van der Waals surface area contributed by atoms with E-state index in [0.717, 1.165) is 38.9 Å². The number of β-amino-alcohol motifs (C(OH)–C–C–N with tert-alkyl or cyclic N) is 1. The molecule has 1 rings (SSSR count). The van der Waals surface area contributed by atoms with Crippen LogP contribution in [0.25, 0.3) is 0 Å². The number of nitriles is 1. The van der Waals surface area contributed by atoms with Crippen molar-refractivity contribution in [2.75, 3.05) is 19.6 Å². The first-order chi connectivity index (χ1) is 6.14. The van der Waals surface area contributed by atoms with Gasteiger partial charge in [-0.2, -0.15) is 5.26 Å². The Bertz CT molecular complexity index is 196. The number of aliphatic hydroxyl groups is 1. The summed E-state index contributed by atoms with van der Waals surface area (Å²) in [6.07, 6.45) is 3.59. The highest BCUT2D eigenvalue weighted by molar-refractivity contribution is 4.85. The third-order valence-electron chi connectivity index (χ3n) is 2.54. The average molecular weight is 182 g/mol. The highest BCUT2D eigenvalue weighted by Gasteiger charge is 2.30. The first-order valence-electron chi connectivity index (χ1n) is 4.96. The van der Waals surface area contributed by atoms with E-state index in [-0.39, 0.29) is 0 Å². The van der Waals surface area contributed by atoms with Crippen molar-refractivity contribution in [2.24, 2.45) is 0 Å². The lowest BCUT2D eigenvalue weighted by atomic mass is 10.1. The normalized spacial score (nSPS) is 29.0. The van der Waals surface area contributed by atoms with Gasteiger partial charge in [-0.15, -0.1) is 0 Å². The van der Waals surface area contributed by atoms with E-state index in [1.807, 2.05) is 6.92 Å². The quantitative estimate of drug-likeness (QED) is 0.663. The van der Waals surface area contributed by atoms with Crippen molar-refractivity contribution < 1.29 is 5.11 Å². The van der Waals surface area contributed by atoms with Gasteiger partial charge in [0.25, 0.3) is 0 Å². The molecular weight excluding hydrogens is 164 g/mol. The highest BCUT2D eigenvalue weighted by Crippen LogP contribution is 2.20. The van der Waals surface area contributed by atoms with Crippen molar-refractivity contribution in [1.29, 1.82) is 5.26 Å². The van der Waals surface area contributed by atoms with E-state index in [1.54, 1.807) is 0 Å². The molecule has 0 spiro atoms. The maximum Gasteiger partial charge on any atom is 0.0758 e. The molecule has 1 saturated heterocycles. The zero-order chi connectivity index (χ0) is 9.73. The van der Waals surface area contributed by atoms with Gasteiger partial charge in [0.15, 0.2) is 0 Å². The number of rotatable bonds is 4. The fourth-order valence-electron chi connectivity index (χ4n) is 1.77. The Morgan fingerprint density at radius 2 is 2.31 bits per heavy atom. The van der Waals surface area contributed by atoms with Gasteiger partial charge in [0, 0.05) is 19.5 Å². The monoisotopic (exact) mass is 182 g/mol. The largest absolute Gasteiger partial charge is 0.389 e. The highest BCUT2D eigenvalue weighted by atomic mass is 16.3. The molecular formula is C10H18N2O. The van der Waals surface area contributed by atoms with Crippen LogP contribution in [-0.4, -0.2) is 35.2 Å². The Balaban J connectivity index is 2.08. The zero-order valence-electron chi connectivity index (χ0n) is 8.29. The second kappa shape index (κ2) is 4.59. The van der Waals surface area contributed by atoms with Gasteiger partial charge < -0.3 is 10.0 Å². The molecule has 0 aromatic heterocycles. The van der Waals surface area contributed by atoms with E-state index in [2.05, 4.69) is 11.0 Å². The Morgan fingerprint density at radius 1 is 1.54 bits per heavy atom. The van der Waals surface area contributed by atoms with Crippen LogP contribution in [0, 0.1) is 11.3 Å². The summed E-state index contributed by atoms with van der Waals surface area (Å²) in [7, 11) is 0. The molecule has 3 nitrogen and oxygen atoms in total. The van der Waals surface area contributed by atoms with Crippen molar-refractivity contribution in [2.45, 2.75) is 38.2 Å². The van der Waals surface area contributed by atoms with Gasteiger partial charge in [0.1, 0.15) is 0 Å². The van der Waals surface area contributed by atoms with Crippen LogP contribution >= 0.6 is 0 Å². The minimum absolute atomic E-state index is 0.477. The van der Waals surface area contributed by atoms with Gasteiger partial charge in [-0.25, -0.2) is 0 Å². The molecule has 0 radical (unpaired) electrons. The zero-order valence-corrected chi connectivity index (χ0v) is 8.29. The van der Waals surface area contributed by atoms with Gasteiger partial charge in [-0.1, -0.05) is 0 Å². The maximum atomic E-state index is 9.67. The molecule has 3 heteroatoms. The molecule has 0 aromatic rings. The number of hydrogen-bond acceptors (Lipinski definition) is 3. The molecule has 1 atom stereocenters. The van der Waals surface area contributed by atoms with Crippen molar-refractivity contribution in [3.8, 4) is 6.07 Å². The minimum Gasteiger partial charge on any atom is -0.389 e. The second-order valence-electron chi connectivity index (χ2n) is 4.14. The fraction of sp³-hybridized carbons (Fsp3) is 0.900. The molecule has 1 heterocycles. The Kier molecular flexibility index (Phi) is 3.71. The number of likely N-dealkylation sites (tertiary alicyclic amines) is 1. The lowest BCUT2D eigenvalue weighted by molar-refractivity contribution is 0.0686. The Morgan fingerprint density at radius 3 is 2.85 bits per heavy atom. The van der Waals surface area contributed by atoms with Crippen LogP contribution in [0.5, 0.6) is 0 Å². The SMILES string of the molecule is CC1(O)CCN(CCCCC#N)C1. The van der Waals surface area contributed by atoms with E-state index >= 15 is 0 Å². The predicted octanol–water partition coefficient (Wildman–Crippen LogP) is 1.14. The standard InChI is InChI=1S/C10H18N2O/c1-10(13)5-8-12(9-10)7-4-2-3-6-11/h13H,2-5,7-9H2,1H3. The van der Waals surface area contributed by atoms with Crippen LogP contribution < -0.4 is 0 Å². The van der Waals surface area contributed by atoms with E-state index in [9.17, 15) is 5.11 Å². The summed E-state index contributed by atoms with van der Waals surface area (Å²) in [5, 5.41) is 18.0. The van der Waals surface area contributed by atoms with E-state index < -0.39 is 5.60 Å². The molecule has 74 valence electrons. The van der Waals surface area contributed by atoms with Crippen LogP contribution in [-0.2, 0) is 0 Å². The van der Waals surface area contributed by atoms with Crippen molar-refractivity contribution in [3.05, 3.63) is 0 Å². The molecule has 0 amide bonds. The summed E-state index contributed by atoms with van der Waals surface area (Å²) in [5.74, 6) is 0. The van der Waals surface area contributed by atoms with Crippen molar-refractivity contribution in [3.63, 3.8) is 0 Å². The van der Waals surface area contributed by atoms with Crippen LogP contribution in [0.15, 0.2) is 0 Å². The Hall–Kier alpha value is -0.590. The molecule has 13 heavy (non-hydrogen) atoms. The molecule has 1 fully saturated rings. The first kappa shape index (κ1) is 10.5. The second-order valence-corrected chi connectivity index (χ2v) is 4.14. The molecule has 1 aliphatic rings. The molecule has 1 aliphatic heterocycles. The van der Waals surface area contributed by atoms with Gasteiger partial charge in [0.2, 0.25) is 0 Å².